The standard InChI is InChI=1S/C20H24F2O2/c1-13(2)23-17-7-5-6-16(12-17)11-15(4)24-19-9-8-14(3)10-18(19)20(21)22/h5-10,12-13,15,20H,11H2,1-4H3. The van der Waals surface area contributed by atoms with Crippen molar-refractivity contribution in [2.75, 3.05) is 0 Å². The average Bonchev–Trinajstić information content (AvgIpc) is 2.48. The number of benzene rings is 2. The van der Waals surface area contributed by atoms with Crippen LogP contribution in [-0.2, 0) is 6.42 Å². The van der Waals surface area contributed by atoms with Gasteiger partial charge in [0, 0.05) is 6.42 Å². The number of aryl methyl sites for hydroxylation is 1. The highest BCUT2D eigenvalue weighted by Gasteiger charge is 2.16. The molecule has 0 radical (unpaired) electrons. The first kappa shape index (κ1) is 18.2. The number of hydrogen-bond donors (Lipinski definition) is 0. The molecule has 2 nitrogen and oxygen atoms in total. The van der Waals surface area contributed by atoms with Gasteiger partial charge in [-0.05, 0) is 57.5 Å². The fraction of sp³-hybridized carbons (Fsp3) is 0.400. The van der Waals surface area contributed by atoms with E-state index < -0.39 is 6.43 Å². The minimum atomic E-state index is -2.55. The third-order valence-corrected chi connectivity index (χ3v) is 3.52. The second-order valence-corrected chi connectivity index (χ2v) is 6.29. The van der Waals surface area contributed by atoms with Crippen molar-refractivity contribution >= 4 is 0 Å². The maximum absolute atomic E-state index is 13.2. The summed E-state index contributed by atoms with van der Waals surface area (Å²) in [6.07, 6.45) is -2.05. The molecule has 0 aliphatic heterocycles. The first-order chi connectivity index (χ1) is 11.3. The molecule has 4 heteroatoms. The highest BCUT2D eigenvalue weighted by molar-refractivity contribution is 5.38. The second-order valence-electron chi connectivity index (χ2n) is 6.29. The van der Waals surface area contributed by atoms with Crippen LogP contribution in [0, 0.1) is 6.92 Å². The van der Waals surface area contributed by atoms with E-state index in [2.05, 4.69) is 0 Å². The van der Waals surface area contributed by atoms with Crippen LogP contribution in [-0.4, -0.2) is 12.2 Å². The van der Waals surface area contributed by atoms with E-state index in [-0.39, 0.29) is 23.5 Å². The van der Waals surface area contributed by atoms with E-state index in [1.807, 2.05) is 45.0 Å². The highest BCUT2D eigenvalue weighted by Crippen LogP contribution is 2.31. The van der Waals surface area contributed by atoms with Gasteiger partial charge in [-0.1, -0.05) is 23.8 Å². The molecule has 0 aromatic heterocycles. The average molecular weight is 334 g/mol. The molecule has 2 rings (SSSR count). The van der Waals surface area contributed by atoms with Crippen molar-refractivity contribution in [3.63, 3.8) is 0 Å². The zero-order valence-corrected chi connectivity index (χ0v) is 14.6. The Balaban J connectivity index is 2.07. The molecule has 0 heterocycles. The molecule has 2 aromatic carbocycles. The lowest BCUT2D eigenvalue weighted by molar-refractivity contribution is 0.139. The number of alkyl halides is 2. The highest BCUT2D eigenvalue weighted by atomic mass is 19.3. The van der Waals surface area contributed by atoms with Crippen LogP contribution in [0.4, 0.5) is 8.78 Å². The summed E-state index contributed by atoms with van der Waals surface area (Å²) in [4.78, 5) is 0. The molecule has 1 atom stereocenters. The van der Waals surface area contributed by atoms with Crippen LogP contribution in [0.25, 0.3) is 0 Å². The summed E-state index contributed by atoms with van der Waals surface area (Å²) in [5.74, 6) is 1.05. The van der Waals surface area contributed by atoms with Crippen LogP contribution in [0.5, 0.6) is 11.5 Å². The molecule has 0 saturated heterocycles. The fourth-order valence-electron chi connectivity index (χ4n) is 2.55. The Kier molecular flexibility index (Phi) is 6.18. The summed E-state index contributed by atoms with van der Waals surface area (Å²) >= 11 is 0. The molecule has 0 bridgehead atoms. The first-order valence-corrected chi connectivity index (χ1v) is 8.16. The third-order valence-electron chi connectivity index (χ3n) is 3.52. The van der Waals surface area contributed by atoms with Crippen molar-refractivity contribution in [2.45, 2.75) is 52.7 Å². The predicted octanol–water partition coefficient (Wildman–Crippen LogP) is 5.73. The van der Waals surface area contributed by atoms with Gasteiger partial charge in [0.05, 0.1) is 17.8 Å². The lowest BCUT2D eigenvalue weighted by Crippen LogP contribution is -2.16. The van der Waals surface area contributed by atoms with Crippen molar-refractivity contribution < 1.29 is 18.3 Å². The van der Waals surface area contributed by atoms with Crippen molar-refractivity contribution in [1.29, 1.82) is 0 Å². The molecule has 0 amide bonds. The van der Waals surface area contributed by atoms with Crippen LogP contribution in [0.3, 0.4) is 0 Å². The molecule has 130 valence electrons. The van der Waals surface area contributed by atoms with Crippen molar-refractivity contribution in [3.8, 4) is 11.5 Å². The van der Waals surface area contributed by atoms with Crippen LogP contribution < -0.4 is 9.47 Å². The first-order valence-electron chi connectivity index (χ1n) is 8.16. The van der Waals surface area contributed by atoms with Crippen molar-refractivity contribution in [3.05, 3.63) is 59.2 Å². The molecule has 0 aliphatic carbocycles. The maximum atomic E-state index is 13.2. The third kappa shape index (κ3) is 5.22. The normalized spacial score (nSPS) is 12.5. The Bertz CT molecular complexity index is 668. The summed E-state index contributed by atoms with van der Waals surface area (Å²) in [7, 11) is 0. The van der Waals surface area contributed by atoms with Gasteiger partial charge in [0.25, 0.3) is 6.43 Å². The van der Waals surface area contributed by atoms with E-state index in [0.717, 1.165) is 16.9 Å². The zero-order chi connectivity index (χ0) is 17.7. The molecule has 1 unspecified atom stereocenters. The van der Waals surface area contributed by atoms with E-state index in [0.29, 0.717) is 6.42 Å². The van der Waals surface area contributed by atoms with Crippen molar-refractivity contribution in [2.24, 2.45) is 0 Å². The van der Waals surface area contributed by atoms with Gasteiger partial charge in [0.1, 0.15) is 11.5 Å². The van der Waals surface area contributed by atoms with Crippen LogP contribution in [0.15, 0.2) is 42.5 Å². The molecule has 0 aliphatic rings. The van der Waals surface area contributed by atoms with Gasteiger partial charge < -0.3 is 9.47 Å². The summed E-state index contributed by atoms with van der Waals surface area (Å²) in [5.41, 5.74) is 1.79. The Morgan fingerprint density at radius 2 is 1.71 bits per heavy atom. The fourth-order valence-corrected chi connectivity index (χ4v) is 2.55. The smallest absolute Gasteiger partial charge is 0.267 e. The monoisotopic (exact) mass is 334 g/mol. The molecule has 0 fully saturated rings. The largest absolute Gasteiger partial charge is 0.491 e. The Hall–Kier alpha value is -2.10. The predicted molar refractivity (Wildman–Crippen MR) is 92.1 cm³/mol. The van der Waals surface area contributed by atoms with Gasteiger partial charge in [0.15, 0.2) is 0 Å². The van der Waals surface area contributed by atoms with Gasteiger partial charge in [-0.15, -0.1) is 0 Å². The lowest BCUT2D eigenvalue weighted by Gasteiger charge is -2.18. The van der Waals surface area contributed by atoms with Gasteiger partial charge in [-0.3, -0.25) is 0 Å². The molecular formula is C20H24F2O2. The van der Waals surface area contributed by atoms with Crippen LogP contribution in [0.2, 0.25) is 0 Å². The van der Waals surface area contributed by atoms with Gasteiger partial charge in [-0.2, -0.15) is 0 Å². The van der Waals surface area contributed by atoms with Gasteiger partial charge in [-0.25, -0.2) is 8.78 Å². The van der Waals surface area contributed by atoms with Crippen LogP contribution in [0.1, 0.15) is 43.9 Å². The summed E-state index contributed by atoms with van der Waals surface area (Å²) in [6, 6.07) is 12.7. The Morgan fingerprint density at radius 1 is 0.958 bits per heavy atom. The second kappa shape index (κ2) is 8.13. The molecule has 24 heavy (non-hydrogen) atoms. The number of rotatable bonds is 7. The molecule has 0 spiro atoms. The quantitative estimate of drug-likeness (QED) is 0.644. The topological polar surface area (TPSA) is 18.5 Å². The summed E-state index contributed by atoms with van der Waals surface area (Å²) in [6.45, 7) is 7.62. The molecule has 0 N–H and O–H groups in total. The molecule has 0 saturated carbocycles. The summed E-state index contributed by atoms with van der Waals surface area (Å²) in [5, 5.41) is 0. The van der Waals surface area contributed by atoms with E-state index in [9.17, 15) is 8.78 Å². The summed E-state index contributed by atoms with van der Waals surface area (Å²) < 4.78 is 37.8. The molecule has 2 aromatic rings. The minimum Gasteiger partial charge on any atom is -0.491 e. The zero-order valence-electron chi connectivity index (χ0n) is 14.6. The van der Waals surface area contributed by atoms with E-state index >= 15 is 0 Å². The lowest BCUT2D eigenvalue weighted by atomic mass is 10.1. The van der Waals surface area contributed by atoms with E-state index in [1.54, 1.807) is 19.1 Å². The maximum Gasteiger partial charge on any atom is 0.267 e. The Labute approximate surface area is 142 Å². The number of ether oxygens (including phenoxy) is 2. The van der Waals surface area contributed by atoms with E-state index in [1.165, 1.54) is 6.07 Å². The SMILES string of the molecule is Cc1ccc(OC(C)Cc2cccc(OC(C)C)c2)c(C(F)F)c1. The van der Waals surface area contributed by atoms with Crippen LogP contribution >= 0.6 is 0 Å². The molecular weight excluding hydrogens is 310 g/mol. The van der Waals surface area contributed by atoms with E-state index in [4.69, 9.17) is 9.47 Å². The van der Waals surface area contributed by atoms with Gasteiger partial charge in [0.2, 0.25) is 0 Å². The number of hydrogen-bond acceptors (Lipinski definition) is 2. The number of halogens is 2. The minimum absolute atomic E-state index is 0.0567. The van der Waals surface area contributed by atoms with Gasteiger partial charge >= 0.3 is 0 Å². The Morgan fingerprint density at radius 3 is 2.38 bits per heavy atom. The van der Waals surface area contributed by atoms with Crippen molar-refractivity contribution in [1.82, 2.24) is 0 Å².